The molecule has 3 heteroatoms. The molecule has 0 saturated heterocycles. The van der Waals surface area contributed by atoms with Crippen molar-refractivity contribution in [1.29, 1.82) is 0 Å². The number of carbonyl (C=O) groups excluding carboxylic acids is 1. The fourth-order valence-electron chi connectivity index (χ4n) is 1.51. The molecule has 0 aromatic heterocycles. The number of ketones is 1. The average molecular weight is 322 g/mol. The zero-order valence-electron chi connectivity index (χ0n) is 9.44. The molecule has 0 spiro atoms. The molecule has 2 aromatic carbocycles. The van der Waals surface area contributed by atoms with Gasteiger partial charge in [-0.15, -0.1) is 0 Å². The van der Waals surface area contributed by atoms with E-state index in [1.165, 1.54) is 0 Å². The molecule has 0 N–H and O–H groups in total. The fraction of sp³-hybridized carbons (Fsp3) is 0. The third-order valence-corrected chi connectivity index (χ3v) is 3.39. The van der Waals surface area contributed by atoms with Crippen LogP contribution in [0.4, 0.5) is 0 Å². The minimum absolute atomic E-state index is 0.0618. The van der Waals surface area contributed by atoms with Gasteiger partial charge in [-0.1, -0.05) is 57.9 Å². The van der Waals surface area contributed by atoms with E-state index in [0.717, 1.165) is 10.0 Å². The smallest absolute Gasteiger partial charge is 0.185 e. The van der Waals surface area contributed by atoms with Crippen LogP contribution in [0.25, 0.3) is 6.08 Å². The van der Waals surface area contributed by atoms with E-state index in [9.17, 15) is 4.79 Å². The Labute approximate surface area is 119 Å². The van der Waals surface area contributed by atoms with Gasteiger partial charge in [-0.3, -0.25) is 4.79 Å². The molecular formula is C15H10BrClO. The Bertz CT molecular complexity index is 605. The standard InChI is InChI=1S/C15H10BrClO/c16-14-7-2-1-4-11(14)8-9-15(18)12-5-3-6-13(17)10-12/h1-10H/b9-8+. The monoisotopic (exact) mass is 320 g/mol. The van der Waals surface area contributed by atoms with Crippen molar-refractivity contribution in [3.8, 4) is 0 Å². The normalized spacial score (nSPS) is 10.8. The molecule has 0 amide bonds. The Balaban J connectivity index is 2.20. The summed E-state index contributed by atoms with van der Waals surface area (Å²) < 4.78 is 0.958. The van der Waals surface area contributed by atoms with E-state index in [4.69, 9.17) is 11.6 Å². The van der Waals surface area contributed by atoms with Gasteiger partial charge >= 0.3 is 0 Å². The molecule has 0 saturated carbocycles. The van der Waals surface area contributed by atoms with Gasteiger partial charge in [0, 0.05) is 15.1 Å². The van der Waals surface area contributed by atoms with E-state index in [2.05, 4.69) is 15.9 Å². The second-order valence-electron chi connectivity index (χ2n) is 3.73. The van der Waals surface area contributed by atoms with E-state index < -0.39 is 0 Å². The number of carbonyl (C=O) groups is 1. The largest absolute Gasteiger partial charge is 0.289 e. The highest BCUT2D eigenvalue weighted by Gasteiger charge is 2.02. The molecule has 2 aromatic rings. The summed E-state index contributed by atoms with van der Waals surface area (Å²) in [5.41, 5.74) is 1.55. The molecule has 0 unspecified atom stereocenters. The Kier molecular flexibility index (Phi) is 4.34. The summed E-state index contributed by atoms with van der Waals surface area (Å²) in [6, 6.07) is 14.6. The first kappa shape index (κ1) is 13.1. The topological polar surface area (TPSA) is 17.1 Å². The van der Waals surface area contributed by atoms with Crippen LogP contribution in [0, 0.1) is 0 Å². The van der Waals surface area contributed by atoms with Gasteiger partial charge < -0.3 is 0 Å². The summed E-state index contributed by atoms with van der Waals surface area (Å²) in [5.74, 6) is -0.0618. The Morgan fingerprint density at radius 1 is 1.11 bits per heavy atom. The second-order valence-corrected chi connectivity index (χ2v) is 5.02. The molecule has 0 bridgehead atoms. The third-order valence-electron chi connectivity index (χ3n) is 2.43. The molecule has 0 fully saturated rings. The SMILES string of the molecule is O=C(/C=C/c1ccccc1Br)c1cccc(Cl)c1. The van der Waals surface area contributed by atoms with E-state index >= 15 is 0 Å². The number of halogens is 2. The van der Waals surface area contributed by atoms with Gasteiger partial charge in [-0.2, -0.15) is 0 Å². The van der Waals surface area contributed by atoms with Crippen molar-refractivity contribution in [3.05, 3.63) is 75.2 Å². The van der Waals surface area contributed by atoms with Gasteiger partial charge in [-0.05, 0) is 35.9 Å². The summed E-state index contributed by atoms with van der Waals surface area (Å²) in [6.45, 7) is 0. The van der Waals surface area contributed by atoms with Gasteiger partial charge in [0.15, 0.2) is 5.78 Å². The van der Waals surface area contributed by atoms with Crippen LogP contribution in [0.2, 0.25) is 5.02 Å². The predicted octanol–water partition coefficient (Wildman–Crippen LogP) is 5.00. The molecule has 2 rings (SSSR count). The van der Waals surface area contributed by atoms with Crippen LogP contribution in [0.1, 0.15) is 15.9 Å². The van der Waals surface area contributed by atoms with Crippen molar-refractivity contribution in [2.45, 2.75) is 0 Å². The van der Waals surface area contributed by atoms with Crippen molar-refractivity contribution in [1.82, 2.24) is 0 Å². The first-order valence-electron chi connectivity index (χ1n) is 5.39. The number of benzene rings is 2. The minimum atomic E-state index is -0.0618. The van der Waals surface area contributed by atoms with Crippen molar-refractivity contribution in [2.24, 2.45) is 0 Å². The van der Waals surface area contributed by atoms with Gasteiger partial charge in [-0.25, -0.2) is 0 Å². The highest BCUT2D eigenvalue weighted by molar-refractivity contribution is 9.10. The summed E-state index contributed by atoms with van der Waals surface area (Å²) in [6.07, 6.45) is 3.33. The van der Waals surface area contributed by atoms with Crippen molar-refractivity contribution in [2.75, 3.05) is 0 Å². The minimum Gasteiger partial charge on any atom is -0.289 e. The highest BCUT2D eigenvalue weighted by atomic mass is 79.9. The Morgan fingerprint density at radius 3 is 2.61 bits per heavy atom. The van der Waals surface area contributed by atoms with E-state index in [1.54, 1.807) is 36.4 Å². The van der Waals surface area contributed by atoms with Crippen molar-refractivity contribution in [3.63, 3.8) is 0 Å². The number of hydrogen-bond donors (Lipinski definition) is 0. The molecule has 0 aliphatic rings. The second kappa shape index (κ2) is 5.98. The Hall–Kier alpha value is -1.38. The van der Waals surface area contributed by atoms with Gasteiger partial charge in [0.1, 0.15) is 0 Å². The molecular weight excluding hydrogens is 312 g/mol. The fourth-order valence-corrected chi connectivity index (χ4v) is 2.12. The van der Waals surface area contributed by atoms with Crippen LogP contribution in [0.3, 0.4) is 0 Å². The molecule has 1 nitrogen and oxygen atoms in total. The molecule has 0 aliphatic carbocycles. The zero-order chi connectivity index (χ0) is 13.0. The molecule has 0 aliphatic heterocycles. The predicted molar refractivity (Wildman–Crippen MR) is 79.0 cm³/mol. The highest BCUT2D eigenvalue weighted by Crippen LogP contribution is 2.18. The maximum absolute atomic E-state index is 11.9. The lowest BCUT2D eigenvalue weighted by Crippen LogP contribution is -1.93. The average Bonchev–Trinajstić information content (AvgIpc) is 2.37. The summed E-state index contributed by atoms with van der Waals surface area (Å²) in [5, 5.41) is 0.565. The summed E-state index contributed by atoms with van der Waals surface area (Å²) >= 11 is 9.28. The van der Waals surface area contributed by atoms with E-state index in [1.807, 2.05) is 24.3 Å². The summed E-state index contributed by atoms with van der Waals surface area (Å²) in [7, 11) is 0. The third kappa shape index (κ3) is 3.31. The first-order chi connectivity index (χ1) is 8.66. The molecule has 18 heavy (non-hydrogen) atoms. The van der Waals surface area contributed by atoms with Crippen LogP contribution >= 0.6 is 27.5 Å². The van der Waals surface area contributed by atoms with E-state index in [-0.39, 0.29) is 5.78 Å². The van der Waals surface area contributed by atoms with Gasteiger partial charge in [0.25, 0.3) is 0 Å². The van der Waals surface area contributed by atoms with Crippen LogP contribution in [-0.2, 0) is 0 Å². The number of hydrogen-bond acceptors (Lipinski definition) is 1. The van der Waals surface area contributed by atoms with E-state index in [0.29, 0.717) is 10.6 Å². The van der Waals surface area contributed by atoms with Crippen LogP contribution in [0.5, 0.6) is 0 Å². The number of allylic oxidation sites excluding steroid dienone is 1. The lowest BCUT2D eigenvalue weighted by molar-refractivity contribution is 0.104. The number of rotatable bonds is 3. The van der Waals surface area contributed by atoms with Crippen molar-refractivity contribution >= 4 is 39.4 Å². The maximum Gasteiger partial charge on any atom is 0.185 e. The molecule has 0 atom stereocenters. The van der Waals surface area contributed by atoms with Crippen LogP contribution < -0.4 is 0 Å². The Morgan fingerprint density at radius 2 is 1.89 bits per heavy atom. The quantitative estimate of drug-likeness (QED) is 0.574. The van der Waals surface area contributed by atoms with Crippen molar-refractivity contribution < 1.29 is 4.79 Å². The molecule has 0 radical (unpaired) electrons. The maximum atomic E-state index is 11.9. The molecule has 0 heterocycles. The molecule has 90 valence electrons. The lowest BCUT2D eigenvalue weighted by atomic mass is 10.1. The zero-order valence-corrected chi connectivity index (χ0v) is 11.8. The summed E-state index contributed by atoms with van der Waals surface area (Å²) in [4.78, 5) is 11.9. The van der Waals surface area contributed by atoms with Crippen LogP contribution in [0.15, 0.2) is 59.1 Å². The van der Waals surface area contributed by atoms with Gasteiger partial charge in [0.2, 0.25) is 0 Å². The van der Waals surface area contributed by atoms with Crippen LogP contribution in [-0.4, -0.2) is 5.78 Å². The lowest BCUT2D eigenvalue weighted by Gasteiger charge is -1.98. The van der Waals surface area contributed by atoms with Gasteiger partial charge in [0.05, 0.1) is 0 Å². The first-order valence-corrected chi connectivity index (χ1v) is 6.56.